The van der Waals surface area contributed by atoms with Crippen molar-refractivity contribution >= 4 is 48.9 Å². The van der Waals surface area contributed by atoms with Gasteiger partial charge >= 0.3 is 0 Å². The van der Waals surface area contributed by atoms with Crippen LogP contribution in [0.1, 0.15) is 5.56 Å². The highest BCUT2D eigenvalue weighted by Crippen LogP contribution is 2.27. The molecule has 0 unspecified atom stereocenters. The van der Waals surface area contributed by atoms with Crippen molar-refractivity contribution in [2.75, 3.05) is 18.8 Å². The summed E-state index contributed by atoms with van der Waals surface area (Å²) in [6.45, 7) is 1.66. The molecule has 0 aromatic heterocycles. The number of benzene rings is 2. The van der Waals surface area contributed by atoms with Crippen LogP contribution in [0.2, 0.25) is 10.0 Å². The number of aryl methyl sites for hydroxylation is 1. The average Bonchev–Trinajstić information content (AvgIpc) is 2.48. The van der Waals surface area contributed by atoms with E-state index < -0.39 is 20.0 Å². The van der Waals surface area contributed by atoms with Gasteiger partial charge in [-0.05, 0) is 42.8 Å². The van der Waals surface area contributed by atoms with E-state index in [2.05, 4.69) is 4.72 Å². The van der Waals surface area contributed by atoms with Crippen molar-refractivity contribution in [3.05, 3.63) is 52.0 Å². The van der Waals surface area contributed by atoms with Crippen LogP contribution in [-0.2, 0) is 20.0 Å². The summed E-state index contributed by atoms with van der Waals surface area (Å²) in [5.41, 5.74) is 0.716. The first-order valence-corrected chi connectivity index (χ1v) is 10.6. The summed E-state index contributed by atoms with van der Waals surface area (Å²) < 4.78 is 53.0. The van der Waals surface area contributed by atoms with Crippen LogP contribution in [0.25, 0.3) is 0 Å². The highest BCUT2D eigenvalue weighted by molar-refractivity contribution is 7.92. The molecule has 6 nitrogen and oxygen atoms in total. The molecule has 2 aromatic rings. The van der Waals surface area contributed by atoms with E-state index in [0.717, 1.165) is 4.31 Å². The highest BCUT2D eigenvalue weighted by Gasteiger charge is 2.21. The fourth-order valence-electron chi connectivity index (χ4n) is 1.97. The monoisotopic (exact) mass is 422 g/mol. The van der Waals surface area contributed by atoms with Crippen LogP contribution in [0.4, 0.5) is 5.69 Å². The third kappa shape index (κ3) is 4.45. The van der Waals surface area contributed by atoms with Gasteiger partial charge in [0, 0.05) is 24.1 Å². The zero-order chi connectivity index (χ0) is 19.0. The molecule has 0 aliphatic heterocycles. The Morgan fingerprint density at radius 1 is 0.880 bits per heavy atom. The Labute approximate surface area is 157 Å². The second-order valence-corrected chi connectivity index (χ2v) is 10.2. The molecule has 136 valence electrons. The molecule has 2 rings (SSSR count). The number of rotatable bonds is 5. The maximum Gasteiger partial charge on any atom is 0.262 e. The molecular weight excluding hydrogens is 407 g/mol. The molecule has 2 aromatic carbocycles. The third-order valence-electron chi connectivity index (χ3n) is 3.38. The van der Waals surface area contributed by atoms with E-state index in [-0.39, 0.29) is 25.5 Å². The second kappa shape index (κ2) is 7.13. The first-order valence-electron chi connectivity index (χ1n) is 6.95. The van der Waals surface area contributed by atoms with Gasteiger partial charge in [0.25, 0.3) is 10.0 Å². The summed E-state index contributed by atoms with van der Waals surface area (Å²) >= 11 is 11.7. The zero-order valence-corrected chi connectivity index (χ0v) is 16.8. The molecule has 0 bridgehead atoms. The number of nitrogens with one attached hydrogen (secondary N) is 1. The van der Waals surface area contributed by atoms with E-state index in [1.165, 1.54) is 50.5 Å². The lowest BCUT2D eigenvalue weighted by molar-refractivity contribution is 0.520. The number of halogens is 2. The minimum atomic E-state index is -3.99. The lowest BCUT2D eigenvalue weighted by Gasteiger charge is -2.15. The largest absolute Gasteiger partial charge is 0.279 e. The minimum Gasteiger partial charge on any atom is -0.279 e. The van der Waals surface area contributed by atoms with Gasteiger partial charge < -0.3 is 0 Å². The maximum atomic E-state index is 12.6. The molecule has 0 saturated carbocycles. The van der Waals surface area contributed by atoms with Gasteiger partial charge in [-0.3, -0.25) is 4.72 Å². The van der Waals surface area contributed by atoms with E-state index in [0.29, 0.717) is 5.56 Å². The quantitative estimate of drug-likeness (QED) is 0.800. The Bertz CT molecular complexity index is 1000. The van der Waals surface area contributed by atoms with Crippen LogP contribution >= 0.6 is 23.2 Å². The lowest BCUT2D eigenvalue weighted by Crippen LogP contribution is -2.22. The van der Waals surface area contributed by atoms with Crippen molar-refractivity contribution in [3.63, 3.8) is 0 Å². The van der Waals surface area contributed by atoms with Gasteiger partial charge in [0.1, 0.15) is 0 Å². The van der Waals surface area contributed by atoms with Gasteiger partial charge in [-0.15, -0.1) is 0 Å². The molecular formula is C15H16Cl2N2O4S2. The Morgan fingerprint density at radius 3 is 1.96 bits per heavy atom. The molecule has 0 heterocycles. The number of anilines is 1. The Kier molecular flexibility index (Phi) is 5.70. The molecule has 0 amide bonds. The first-order chi connectivity index (χ1) is 11.4. The molecule has 0 atom stereocenters. The number of hydrogen-bond donors (Lipinski definition) is 1. The van der Waals surface area contributed by atoms with Crippen molar-refractivity contribution in [1.29, 1.82) is 0 Å². The summed E-state index contributed by atoms with van der Waals surface area (Å²) in [4.78, 5) is -0.143. The fourth-order valence-corrected chi connectivity index (χ4v) is 4.75. The molecule has 0 aliphatic rings. The highest BCUT2D eigenvalue weighted by atomic mass is 35.5. The van der Waals surface area contributed by atoms with Crippen molar-refractivity contribution in [2.45, 2.75) is 16.7 Å². The van der Waals surface area contributed by atoms with Crippen LogP contribution < -0.4 is 4.72 Å². The van der Waals surface area contributed by atoms with Gasteiger partial charge in [-0.2, -0.15) is 0 Å². The van der Waals surface area contributed by atoms with E-state index >= 15 is 0 Å². The fraction of sp³-hybridized carbons (Fsp3) is 0.200. The third-order valence-corrected chi connectivity index (χ3v) is 6.97. The van der Waals surface area contributed by atoms with E-state index in [4.69, 9.17) is 23.2 Å². The van der Waals surface area contributed by atoms with Crippen LogP contribution in [0.3, 0.4) is 0 Å². The summed E-state index contributed by atoms with van der Waals surface area (Å²) in [5.74, 6) is 0. The predicted molar refractivity (Wildman–Crippen MR) is 99.3 cm³/mol. The molecule has 1 N–H and O–H groups in total. The number of hydrogen-bond acceptors (Lipinski definition) is 4. The lowest BCUT2D eigenvalue weighted by atomic mass is 10.2. The SMILES string of the molecule is Cc1ccc(S(=O)(=O)N(C)C)cc1NS(=O)(=O)c1cc(Cl)cc(Cl)c1. The van der Waals surface area contributed by atoms with Crippen molar-refractivity contribution < 1.29 is 16.8 Å². The standard InChI is InChI=1S/C15H16Cl2N2O4S2/c1-10-4-5-13(25(22,23)19(2)3)9-15(10)18-24(20,21)14-7-11(16)6-12(17)8-14/h4-9,18H,1-3H3. The molecule has 0 spiro atoms. The van der Waals surface area contributed by atoms with Crippen molar-refractivity contribution in [2.24, 2.45) is 0 Å². The summed E-state index contributed by atoms with van der Waals surface area (Å²) in [6, 6.07) is 8.14. The van der Waals surface area contributed by atoms with E-state index in [1.807, 2.05) is 0 Å². The van der Waals surface area contributed by atoms with Crippen molar-refractivity contribution in [3.8, 4) is 0 Å². The summed E-state index contributed by atoms with van der Waals surface area (Å²) in [7, 11) is -4.89. The van der Waals surface area contributed by atoms with E-state index in [9.17, 15) is 16.8 Å². The van der Waals surface area contributed by atoms with E-state index in [1.54, 1.807) is 6.92 Å². The topological polar surface area (TPSA) is 83.6 Å². The van der Waals surface area contributed by atoms with Crippen LogP contribution in [0, 0.1) is 6.92 Å². The molecule has 0 aliphatic carbocycles. The Balaban J connectivity index is 2.49. The molecule has 0 radical (unpaired) electrons. The average molecular weight is 423 g/mol. The molecule has 10 heteroatoms. The molecule has 25 heavy (non-hydrogen) atoms. The summed E-state index contributed by atoms with van der Waals surface area (Å²) in [5, 5.41) is 0.349. The second-order valence-electron chi connectivity index (χ2n) is 5.47. The predicted octanol–water partition coefficient (Wildman–Crippen LogP) is 3.35. The zero-order valence-electron chi connectivity index (χ0n) is 13.6. The van der Waals surface area contributed by atoms with Gasteiger partial charge in [0.15, 0.2) is 0 Å². The Hall–Kier alpha value is -1.32. The maximum absolute atomic E-state index is 12.6. The van der Waals surface area contributed by atoms with Crippen molar-refractivity contribution in [1.82, 2.24) is 4.31 Å². The Morgan fingerprint density at radius 2 is 1.44 bits per heavy atom. The van der Waals surface area contributed by atoms with Crippen LogP contribution in [0.5, 0.6) is 0 Å². The smallest absolute Gasteiger partial charge is 0.262 e. The minimum absolute atomic E-state index is 0.0232. The van der Waals surface area contributed by atoms with Gasteiger partial charge in [-0.1, -0.05) is 29.3 Å². The first kappa shape index (κ1) is 20.0. The number of nitrogens with zero attached hydrogens (tertiary/aromatic N) is 1. The normalized spacial score (nSPS) is 12.4. The van der Waals surface area contributed by atoms with Crippen LogP contribution in [0.15, 0.2) is 46.2 Å². The summed E-state index contributed by atoms with van der Waals surface area (Å²) in [6.07, 6.45) is 0. The molecule has 0 saturated heterocycles. The van der Waals surface area contributed by atoms with Crippen LogP contribution in [-0.4, -0.2) is 35.2 Å². The molecule has 0 fully saturated rings. The van der Waals surface area contributed by atoms with Gasteiger partial charge in [0.05, 0.1) is 15.5 Å². The van der Waals surface area contributed by atoms with Gasteiger partial charge in [0.2, 0.25) is 10.0 Å². The van der Waals surface area contributed by atoms with Gasteiger partial charge in [-0.25, -0.2) is 21.1 Å². The number of sulfonamides is 2.